The maximum atomic E-state index is 12.7. The van der Waals surface area contributed by atoms with Gasteiger partial charge in [-0.25, -0.2) is 4.39 Å². The van der Waals surface area contributed by atoms with E-state index in [0.29, 0.717) is 31.0 Å². The van der Waals surface area contributed by atoms with E-state index in [1.54, 1.807) is 0 Å². The van der Waals surface area contributed by atoms with Gasteiger partial charge in [0, 0.05) is 25.1 Å². The first-order valence-electron chi connectivity index (χ1n) is 6.29. The standard InChI is InChI=1S/C14H19FN2O2/c1-10(2)9-13(18)16-7-8-17-14(19)11-3-5-12(15)6-4-11/h3-6,10H,7-9H2,1-2H3,(H,16,18)(H,17,19). The Kier molecular flexibility index (Phi) is 5.99. The van der Waals surface area contributed by atoms with Crippen molar-refractivity contribution in [2.75, 3.05) is 13.1 Å². The molecule has 0 radical (unpaired) electrons. The van der Waals surface area contributed by atoms with Crippen molar-refractivity contribution in [3.05, 3.63) is 35.6 Å². The van der Waals surface area contributed by atoms with Gasteiger partial charge in [0.2, 0.25) is 5.91 Å². The van der Waals surface area contributed by atoms with Gasteiger partial charge in [0.1, 0.15) is 5.82 Å². The number of hydrogen-bond acceptors (Lipinski definition) is 2. The Morgan fingerprint density at radius 1 is 1.11 bits per heavy atom. The minimum atomic E-state index is -0.377. The summed E-state index contributed by atoms with van der Waals surface area (Å²) in [5.41, 5.74) is 0.398. The Bertz CT molecular complexity index is 430. The van der Waals surface area contributed by atoms with Gasteiger partial charge in [0.05, 0.1) is 0 Å². The molecule has 1 aromatic carbocycles. The van der Waals surface area contributed by atoms with Crippen molar-refractivity contribution in [2.45, 2.75) is 20.3 Å². The summed E-state index contributed by atoms with van der Waals surface area (Å²) in [7, 11) is 0. The van der Waals surface area contributed by atoms with Crippen molar-refractivity contribution < 1.29 is 14.0 Å². The van der Waals surface area contributed by atoms with Crippen LogP contribution in [-0.2, 0) is 4.79 Å². The third-order valence-electron chi connectivity index (χ3n) is 2.43. The van der Waals surface area contributed by atoms with Crippen LogP contribution < -0.4 is 10.6 Å². The number of rotatable bonds is 6. The molecule has 0 saturated heterocycles. The minimum absolute atomic E-state index is 0.0222. The Morgan fingerprint density at radius 2 is 1.68 bits per heavy atom. The molecule has 0 saturated carbocycles. The van der Waals surface area contributed by atoms with Crippen LogP contribution in [0.1, 0.15) is 30.6 Å². The number of nitrogens with one attached hydrogen (secondary N) is 2. The summed E-state index contributed by atoms with van der Waals surface area (Å²) < 4.78 is 12.7. The van der Waals surface area contributed by atoms with E-state index in [9.17, 15) is 14.0 Å². The molecule has 19 heavy (non-hydrogen) atoms. The van der Waals surface area contributed by atoms with Crippen molar-refractivity contribution in [2.24, 2.45) is 5.92 Å². The summed E-state index contributed by atoms with van der Waals surface area (Å²) >= 11 is 0. The molecule has 0 aromatic heterocycles. The first kappa shape index (κ1) is 15.1. The zero-order valence-electron chi connectivity index (χ0n) is 11.2. The minimum Gasteiger partial charge on any atom is -0.354 e. The van der Waals surface area contributed by atoms with E-state index in [4.69, 9.17) is 0 Å². The Balaban J connectivity index is 2.24. The SMILES string of the molecule is CC(C)CC(=O)NCCNC(=O)c1ccc(F)cc1. The molecule has 1 aromatic rings. The summed E-state index contributed by atoms with van der Waals surface area (Å²) in [5.74, 6) is -0.365. The van der Waals surface area contributed by atoms with Gasteiger partial charge in [-0.15, -0.1) is 0 Å². The molecular formula is C14H19FN2O2. The molecule has 1 rings (SSSR count). The third kappa shape index (κ3) is 5.99. The second-order valence-electron chi connectivity index (χ2n) is 4.71. The van der Waals surface area contributed by atoms with E-state index in [0.717, 1.165) is 0 Å². The van der Waals surface area contributed by atoms with Gasteiger partial charge in [0.15, 0.2) is 0 Å². The zero-order chi connectivity index (χ0) is 14.3. The highest BCUT2D eigenvalue weighted by molar-refractivity contribution is 5.94. The van der Waals surface area contributed by atoms with Crippen molar-refractivity contribution in [3.63, 3.8) is 0 Å². The molecule has 5 heteroatoms. The summed E-state index contributed by atoms with van der Waals surface area (Å²) in [6, 6.07) is 5.31. The van der Waals surface area contributed by atoms with E-state index in [1.165, 1.54) is 24.3 Å². The highest BCUT2D eigenvalue weighted by Gasteiger charge is 2.06. The maximum absolute atomic E-state index is 12.7. The lowest BCUT2D eigenvalue weighted by Crippen LogP contribution is -2.35. The smallest absolute Gasteiger partial charge is 0.251 e. The topological polar surface area (TPSA) is 58.2 Å². The lowest BCUT2D eigenvalue weighted by Gasteiger charge is -2.08. The van der Waals surface area contributed by atoms with Gasteiger partial charge < -0.3 is 10.6 Å². The number of benzene rings is 1. The molecule has 2 amide bonds. The molecule has 0 bridgehead atoms. The second-order valence-corrected chi connectivity index (χ2v) is 4.71. The Labute approximate surface area is 112 Å². The van der Waals surface area contributed by atoms with E-state index in [2.05, 4.69) is 10.6 Å². The van der Waals surface area contributed by atoms with Gasteiger partial charge in [-0.3, -0.25) is 9.59 Å². The zero-order valence-corrected chi connectivity index (χ0v) is 11.2. The average Bonchev–Trinajstić information content (AvgIpc) is 2.34. The molecule has 0 atom stereocenters. The normalized spacial score (nSPS) is 10.3. The highest BCUT2D eigenvalue weighted by atomic mass is 19.1. The summed E-state index contributed by atoms with van der Waals surface area (Å²) in [5, 5.41) is 5.37. The molecule has 0 fully saturated rings. The van der Waals surface area contributed by atoms with Crippen LogP contribution in [0.2, 0.25) is 0 Å². The fraction of sp³-hybridized carbons (Fsp3) is 0.429. The molecule has 0 heterocycles. The van der Waals surface area contributed by atoms with Crippen LogP contribution in [-0.4, -0.2) is 24.9 Å². The highest BCUT2D eigenvalue weighted by Crippen LogP contribution is 2.02. The molecule has 0 aliphatic heterocycles. The van der Waals surface area contributed by atoms with E-state index in [1.807, 2.05) is 13.8 Å². The lowest BCUT2D eigenvalue weighted by atomic mass is 10.1. The largest absolute Gasteiger partial charge is 0.354 e. The molecule has 2 N–H and O–H groups in total. The molecule has 104 valence electrons. The monoisotopic (exact) mass is 266 g/mol. The van der Waals surface area contributed by atoms with Gasteiger partial charge in [-0.1, -0.05) is 13.8 Å². The van der Waals surface area contributed by atoms with Crippen LogP contribution >= 0.6 is 0 Å². The molecule has 4 nitrogen and oxygen atoms in total. The summed E-state index contributed by atoms with van der Waals surface area (Å²) in [4.78, 5) is 23.0. The fourth-order valence-corrected chi connectivity index (χ4v) is 1.52. The van der Waals surface area contributed by atoms with E-state index in [-0.39, 0.29) is 17.6 Å². The maximum Gasteiger partial charge on any atom is 0.251 e. The van der Waals surface area contributed by atoms with E-state index >= 15 is 0 Å². The van der Waals surface area contributed by atoms with Crippen LogP contribution in [0.3, 0.4) is 0 Å². The second kappa shape index (κ2) is 7.51. The van der Waals surface area contributed by atoms with Crippen molar-refractivity contribution in [1.82, 2.24) is 10.6 Å². The first-order chi connectivity index (χ1) is 8.99. The Hall–Kier alpha value is -1.91. The number of carbonyl (C=O) groups excluding carboxylic acids is 2. The molecule has 0 aliphatic rings. The molecular weight excluding hydrogens is 247 g/mol. The number of carbonyl (C=O) groups is 2. The number of halogens is 1. The van der Waals surface area contributed by atoms with Crippen LogP contribution in [0.15, 0.2) is 24.3 Å². The summed E-state index contributed by atoms with van der Waals surface area (Å²) in [6.07, 6.45) is 0.478. The summed E-state index contributed by atoms with van der Waals surface area (Å²) in [6.45, 7) is 4.67. The first-order valence-corrected chi connectivity index (χ1v) is 6.29. The van der Waals surface area contributed by atoms with Crippen molar-refractivity contribution in [3.8, 4) is 0 Å². The third-order valence-corrected chi connectivity index (χ3v) is 2.43. The molecule has 0 spiro atoms. The van der Waals surface area contributed by atoms with Crippen LogP contribution in [0.5, 0.6) is 0 Å². The lowest BCUT2D eigenvalue weighted by molar-refractivity contribution is -0.121. The van der Waals surface area contributed by atoms with Gasteiger partial charge in [-0.05, 0) is 30.2 Å². The van der Waals surface area contributed by atoms with Gasteiger partial charge in [-0.2, -0.15) is 0 Å². The van der Waals surface area contributed by atoms with Gasteiger partial charge >= 0.3 is 0 Å². The number of hydrogen-bond donors (Lipinski definition) is 2. The van der Waals surface area contributed by atoms with Crippen molar-refractivity contribution >= 4 is 11.8 Å². The molecule has 0 aliphatic carbocycles. The average molecular weight is 266 g/mol. The Morgan fingerprint density at radius 3 is 2.26 bits per heavy atom. The fourth-order valence-electron chi connectivity index (χ4n) is 1.52. The predicted octanol–water partition coefficient (Wildman–Crippen LogP) is 1.72. The van der Waals surface area contributed by atoms with Crippen LogP contribution in [0.25, 0.3) is 0 Å². The van der Waals surface area contributed by atoms with Crippen LogP contribution in [0.4, 0.5) is 4.39 Å². The predicted molar refractivity (Wildman–Crippen MR) is 71.2 cm³/mol. The van der Waals surface area contributed by atoms with Crippen LogP contribution in [0, 0.1) is 11.7 Å². The quantitative estimate of drug-likeness (QED) is 0.770. The van der Waals surface area contributed by atoms with Crippen molar-refractivity contribution in [1.29, 1.82) is 0 Å². The van der Waals surface area contributed by atoms with Gasteiger partial charge in [0.25, 0.3) is 5.91 Å². The number of amides is 2. The van der Waals surface area contributed by atoms with E-state index < -0.39 is 0 Å². The molecule has 0 unspecified atom stereocenters.